The summed E-state index contributed by atoms with van der Waals surface area (Å²) in [5.74, 6) is 0.938. The van der Waals surface area contributed by atoms with Crippen molar-refractivity contribution >= 4 is 0 Å². The van der Waals surface area contributed by atoms with E-state index in [2.05, 4.69) is 20.8 Å². The van der Waals surface area contributed by atoms with Crippen LogP contribution in [-0.4, -0.2) is 0 Å². The SMILES string of the molecule is [CH2]CCCCCCCCCC(C)CCCC[CH2]. The molecule has 0 aromatic carbocycles. The summed E-state index contributed by atoms with van der Waals surface area (Å²) < 4.78 is 0. The van der Waals surface area contributed by atoms with Gasteiger partial charge in [0.1, 0.15) is 0 Å². The summed E-state index contributed by atoms with van der Waals surface area (Å²) in [4.78, 5) is 0. The van der Waals surface area contributed by atoms with E-state index in [9.17, 15) is 0 Å². The Morgan fingerprint density at radius 1 is 0.588 bits per heavy atom. The molecule has 0 saturated heterocycles. The molecule has 0 heteroatoms. The Balaban J connectivity index is 3.05. The molecular formula is C17H34. The largest absolute Gasteiger partial charge is 0.0625 e. The van der Waals surface area contributed by atoms with E-state index in [-0.39, 0.29) is 0 Å². The molecule has 0 spiro atoms. The molecule has 102 valence electrons. The van der Waals surface area contributed by atoms with E-state index in [0.717, 1.165) is 18.8 Å². The van der Waals surface area contributed by atoms with Crippen LogP contribution in [0.3, 0.4) is 0 Å². The van der Waals surface area contributed by atoms with E-state index in [1.807, 2.05) is 0 Å². The second-order valence-electron chi connectivity index (χ2n) is 5.57. The lowest BCUT2D eigenvalue weighted by molar-refractivity contribution is 0.438. The molecule has 0 amide bonds. The summed E-state index contributed by atoms with van der Waals surface area (Å²) in [6, 6.07) is 0. The lowest BCUT2D eigenvalue weighted by atomic mass is 9.96. The van der Waals surface area contributed by atoms with Gasteiger partial charge >= 0.3 is 0 Å². The molecule has 0 aromatic heterocycles. The first-order valence-corrected chi connectivity index (χ1v) is 7.89. The highest BCUT2D eigenvalue weighted by Gasteiger charge is 2.01. The highest BCUT2D eigenvalue weighted by Crippen LogP contribution is 2.17. The van der Waals surface area contributed by atoms with Gasteiger partial charge < -0.3 is 0 Å². The van der Waals surface area contributed by atoms with Crippen LogP contribution in [0.2, 0.25) is 0 Å². The van der Waals surface area contributed by atoms with Crippen LogP contribution < -0.4 is 0 Å². The average molecular weight is 238 g/mol. The fraction of sp³-hybridized carbons (Fsp3) is 0.882. The van der Waals surface area contributed by atoms with Crippen LogP contribution >= 0.6 is 0 Å². The zero-order chi connectivity index (χ0) is 12.8. The monoisotopic (exact) mass is 238 g/mol. The van der Waals surface area contributed by atoms with Gasteiger partial charge in [0.15, 0.2) is 0 Å². The third kappa shape index (κ3) is 13.9. The molecule has 0 aromatic rings. The normalized spacial score (nSPS) is 12.9. The van der Waals surface area contributed by atoms with Crippen LogP contribution in [0.1, 0.15) is 90.4 Å². The van der Waals surface area contributed by atoms with Gasteiger partial charge in [-0.15, -0.1) is 0 Å². The van der Waals surface area contributed by atoms with Gasteiger partial charge in [0.05, 0.1) is 0 Å². The van der Waals surface area contributed by atoms with Crippen molar-refractivity contribution in [3.8, 4) is 0 Å². The van der Waals surface area contributed by atoms with Crippen molar-refractivity contribution in [3.63, 3.8) is 0 Å². The molecule has 0 aliphatic heterocycles. The van der Waals surface area contributed by atoms with Crippen molar-refractivity contribution in [1.82, 2.24) is 0 Å². The van der Waals surface area contributed by atoms with Gasteiger partial charge in [-0.25, -0.2) is 0 Å². The fourth-order valence-corrected chi connectivity index (χ4v) is 2.37. The third-order valence-electron chi connectivity index (χ3n) is 3.64. The van der Waals surface area contributed by atoms with E-state index in [1.165, 1.54) is 70.6 Å². The molecule has 2 radical (unpaired) electrons. The van der Waals surface area contributed by atoms with E-state index in [0.29, 0.717) is 0 Å². The highest BCUT2D eigenvalue weighted by atomic mass is 14.1. The summed E-state index contributed by atoms with van der Waals surface area (Å²) in [6.07, 6.45) is 17.7. The predicted molar refractivity (Wildman–Crippen MR) is 79.9 cm³/mol. The van der Waals surface area contributed by atoms with Gasteiger partial charge in [0, 0.05) is 0 Å². The first-order chi connectivity index (χ1) is 8.31. The van der Waals surface area contributed by atoms with Crippen LogP contribution in [0.4, 0.5) is 0 Å². The predicted octanol–water partition coefficient (Wildman–Crippen LogP) is 6.36. The number of unbranched alkanes of at least 4 members (excludes halogenated alkanes) is 9. The number of rotatable bonds is 13. The van der Waals surface area contributed by atoms with Gasteiger partial charge in [0.2, 0.25) is 0 Å². The minimum Gasteiger partial charge on any atom is -0.0625 e. The van der Waals surface area contributed by atoms with Crippen LogP contribution in [-0.2, 0) is 0 Å². The Bertz CT molecular complexity index is 128. The molecule has 0 saturated carbocycles. The highest BCUT2D eigenvalue weighted by molar-refractivity contribution is 4.56. The van der Waals surface area contributed by atoms with Crippen molar-refractivity contribution in [2.75, 3.05) is 0 Å². The maximum Gasteiger partial charge on any atom is -0.0443 e. The van der Waals surface area contributed by atoms with Gasteiger partial charge in [-0.1, -0.05) is 104 Å². The van der Waals surface area contributed by atoms with Gasteiger partial charge in [-0.2, -0.15) is 0 Å². The van der Waals surface area contributed by atoms with Crippen molar-refractivity contribution in [2.45, 2.75) is 90.4 Å². The molecule has 1 atom stereocenters. The van der Waals surface area contributed by atoms with Crippen molar-refractivity contribution in [2.24, 2.45) is 5.92 Å². The van der Waals surface area contributed by atoms with Crippen LogP contribution in [0.25, 0.3) is 0 Å². The maximum atomic E-state index is 3.90. The summed E-state index contributed by atoms with van der Waals surface area (Å²) >= 11 is 0. The average Bonchev–Trinajstić information content (AvgIpc) is 2.33. The Hall–Kier alpha value is 0. The maximum absolute atomic E-state index is 3.90. The van der Waals surface area contributed by atoms with Gasteiger partial charge in [-0.3, -0.25) is 0 Å². The zero-order valence-electron chi connectivity index (χ0n) is 12.2. The molecular weight excluding hydrogens is 204 g/mol. The molecule has 1 unspecified atom stereocenters. The molecule has 17 heavy (non-hydrogen) atoms. The van der Waals surface area contributed by atoms with E-state index < -0.39 is 0 Å². The smallest absolute Gasteiger partial charge is 0.0443 e. The Kier molecular flexibility index (Phi) is 14.1. The zero-order valence-corrected chi connectivity index (χ0v) is 12.2. The summed E-state index contributed by atoms with van der Waals surface area (Å²) in [7, 11) is 0. The molecule has 0 rings (SSSR count). The van der Waals surface area contributed by atoms with Crippen molar-refractivity contribution < 1.29 is 0 Å². The van der Waals surface area contributed by atoms with Crippen LogP contribution in [0, 0.1) is 19.8 Å². The topological polar surface area (TPSA) is 0 Å². The summed E-state index contributed by atoms with van der Waals surface area (Å²) in [5, 5.41) is 0. The minimum absolute atomic E-state index is 0.938. The second kappa shape index (κ2) is 14.1. The lowest BCUT2D eigenvalue weighted by Crippen LogP contribution is -1.94. The fourth-order valence-electron chi connectivity index (χ4n) is 2.37. The molecule has 0 aliphatic rings. The van der Waals surface area contributed by atoms with E-state index >= 15 is 0 Å². The molecule has 0 N–H and O–H groups in total. The standard InChI is InChI=1S/C17H34/c1-4-6-8-9-10-11-12-14-16-17(3)15-13-7-5-2/h17H,1-2,4-16H2,3H3. The Morgan fingerprint density at radius 3 is 1.47 bits per heavy atom. The van der Waals surface area contributed by atoms with Crippen LogP contribution in [0.15, 0.2) is 0 Å². The minimum atomic E-state index is 0.938. The van der Waals surface area contributed by atoms with Crippen molar-refractivity contribution in [1.29, 1.82) is 0 Å². The van der Waals surface area contributed by atoms with E-state index in [4.69, 9.17) is 0 Å². The first kappa shape index (κ1) is 17.0. The molecule has 0 fully saturated rings. The molecule has 0 heterocycles. The van der Waals surface area contributed by atoms with Gasteiger partial charge in [0.25, 0.3) is 0 Å². The molecule has 0 nitrogen and oxygen atoms in total. The van der Waals surface area contributed by atoms with E-state index in [1.54, 1.807) is 0 Å². The quantitative estimate of drug-likeness (QED) is 0.327. The molecule has 0 bridgehead atoms. The molecule has 0 aliphatic carbocycles. The Morgan fingerprint density at radius 2 is 0.941 bits per heavy atom. The van der Waals surface area contributed by atoms with Crippen LogP contribution in [0.5, 0.6) is 0 Å². The van der Waals surface area contributed by atoms with Crippen molar-refractivity contribution in [3.05, 3.63) is 13.8 Å². The van der Waals surface area contributed by atoms with Gasteiger partial charge in [-0.05, 0) is 5.92 Å². The number of hydrogen-bond acceptors (Lipinski definition) is 0. The second-order valence-corrected chi connectivity index (χ2v) is 5.57. The number of hydrogen-bond donors (Lipinski definition) is 0. The lowest BCUT2D eigenvalue weighted by Gasteiger charge is -2.10. The summed E-state index contributed by atoms with van der Waals surface area (Å²) in [6.45, 7) is 10.2. The third-order valence-corrected chi connectivity index (χ3v) is 3.64. The summed E-state index contributed by atoms with van der Waals surface area (Å²) in [5.41, 5.74) is 0. The Labute approximate surface area is 111 Å². The first-order valence-electron chi connectivity index (χ1n) is 7.89.